The Morgan fingerprint density at radius 1 is 0.695 bits per heavy atom. The Hall–Kier alpha value is -6.36. The molecule has 1 aliphatic heterocycles. The Morgan fingerprint density at radius 3 is 2.41 bits per heavy atom. The summed E-state index contributed by atoms with van der Waals surface area (Å²) in [5, 5.41) is 1.37. The van der Waals surface area contributed by atoms with Gasteiger partial charge in [0, 0.05) is 32.9 Å². The number of rotatable bonds is 6. The van der Waals surface area contributed by atoms with Gasteiger partial charge in [-0.25, -0.2) is 0 Å². The molecule has 0 saturated carbocycles. The van der Waals surface area contributed by atoms with E-state index < -0.39 is 0 Å². The normalized spacial score (nSPS) is 22.0. The van der Waals surface area contributed by atoms with Gasteiger partial charge >= 0.3 is 0 Å². The van der Waals surface area contributed by atoms with E-state index in [1.807, 2.05) is 11.3 Å². The van der Waals surface area contributed by atoms with E-state index in [1.54, 1.807) is 0 Å². The number of fused-ring (bicyclic) bond motifs is 8. The van der Waals surface area contributed by atoms with Crippen LogP contribution in [0.5, 0.6) is 11.5 Å². The zero-order valence-electron chi connectivity index (χ0n) is 32.8. The number of benzene rings is 5. The number of para-hydroxylation sites is 1. The summed E-state index contributed by atoms with van der Waals surface area (Å²) in [6.07, 6.45) is 29.1. The highest BCUT2D eigenvalue weighted by Crippen LogP contribution is 2.63. The second-order valence-electron chi connectivity index (χ2n) is 16.4. The molecule has 5 aromatic carbocycles. The molecule has 5 aliphatic carbocycles. The summed E-state index contributed by atoms with van der Waals surface area (Å²) < 4.78 is 15.4. The van der Waals surface area contributed by atoms with Gasteiger partial charge in [-0.3, -0.25) is 0 Å². The van der Waals surface area contributed by atoms with Gasteiger partial charge in [-0.1, -0.05) is 127 Å². The second-order valence-corrected chi connectivity index (χ2v) is 17.6. The maximum Gasteiger partial charge on any atom is 0.178 e. The van der Waals surface area contributed by atoms with Crippen LogP contribution >= 0.6 is 11.3 Å². The largest absolute Gasteiger partial charge is 0.454 e. The highest BCUT2D eigenvalue weighted by Gasteiger charge is 2.51. The molecule has 6 aliphatic rings. The molecule has 0 saturated heterocycles. The van der Waals surface area contributed by atoms with E-state index in [0.29, 0.717) is 6.42 Å². The van der Waals surface area contributed by atoms with E-state index in [0.717, 1.165) is 72.1 Å². The average molecular weight is 782 g/mol. The zero-order valence-corrected chi connectivity index (χ0v) is 33.6. The number of allylic oxidation sites excluding steroid dienone is 10. The van der Waals surface area contributed by atoms with Crippen LogP contribution in [0, 0.1) is 5.92 Å². The maximum atomic E-state index is 7.05. The van der Waals surface area contributed by atoms with Gasteiger partial charge in [0.15, 0.2) is 17.3 Å². The first-order valence-electron chi connectivity index (χ1n) is 21.1. The van der Waals surface area contributed by atoms with Gasteiger partial charge in [-0.15, -0.1) is 11.3 Å². The van der Waals surface area contributed by atoms with E-state index in [2.05, 4.69) is 181 Å². The lowest BCUT2D eigenvalue weighted by Gasteiger charge is -2.41. The summed E-state index contributed by atoms with van der Waals surface area (Å²) >= 11 is 1.94. The van der Waals surface area contributed by atoms with Crippen molar-refractivity contribution in [1.82, 2.24) is 0 Å². The minimum absolute atomic E-state index is 0.0275. The molecule has 0 radical (unpaired) electrons. The van der Waals surface area contributed by atoms with Gasteiger partial charge in [0.05, 0.1) is 11.5 Å². The topological polar surface area (TPSA) is 21.7 Å². The first-order chi connectivity index (χ1) is 29.2. The summed E-state index contributed by atoms with van der Waals surface area (Å²) in [5.41, 5.74) is 12.5. The van der Waals surface area contributed by atoms with E-state index in [4.69, 9.17) is 9.47 Å². The Morgan fingerprint density at radius 2 is 1.54 bits per heavy atom. The van der Waals surface area contributed by atoms with Gasteiger partial charge in [0.1, 0.15) is 5.76 Å². The lowest BCUT2D eigenvalue weighted by molar-refractivity contribution is 0.286. The van der Waals surface area contributed by atoms with Crippen molar-refractivity contribution in [2.75, 3.05) is 4.90 Å². The lowest BCUT2D eigenvalue weighted by atomic mass is 9.61. The van der Waals surface area contributed by atoms with E-state index in [-0.39, 0.29) is 17.4 Å². The molecule has 0 fully saturated rings. The summed E-state index contributed by atoms with van der Waals surface area (Å²) in [7, 11) is 0. The van der Waals surface area contributed by atoms with Crippen LogP contribution in [0.4, 0.5) is 11.4 Å². The third-order valence-corrected chi connectivity index (χ3v) is 14.5. The molecule has 3 nitrogen and oxygen atoms in total. The summed E-state index contributed by atoms with van der Waals surface area (Å²) in [6.45, 7) is 0. The fraction of sp³-hybridized carbons (Fsp3) is 0.164. The molecule has 3 atom stereocenters. The molecule has 12 rings (SSSR count). The molecule has 286 valence electrons. The SMILES string of the molecule is C1=CCC(C2(C3=CCCC=C3)c3ccccc3-c3c2ccc2c3OC3=C(C[C@H](N(c4ccccc4)c4ccc(C5=Cc6c(sc7ccccc67)CC5)cc4)C=C3)O2)C=C1. The van der Waals surface area contributed by atoms with Crippen molar-refractivity contribution in [2.24, 2.45) is 5.92 Å². The quantitative estimate of drug-likeness (QED) is 0.168. The highest BCUT2D eigenvalue weighted by atomic mass is 32.1. The van der Waals surface area contributed by atoms with Crippen LogP contribution in [0.15, 0.2) is 187 Å². The third kappa shape index (κ3) is 5.46. The van der Waals surface area contributed by atoms with Crippen LogP contribution in [0.1, 0.15) is 59.2 Å². The molecule has 0 spiro atoms. The van der Waals surface area contributed by atoms with Crippen molar-refractivity contribution in [1.29, 1.82) is 0 Å². The first-order valence-corrected chi connectivity index (χ1v) is 22.0. The third-order valence-electron chi connectivity index (χ3n) is 13.3. The monoisotopic (exact) mass is 781 g/mol. The van der Waals surface area contributed by atoms with Crippen molar-refractivity contribution in [3.63, 3.8) is 0 Å². The van der Waals surface area contributed by atoms with Crippen molar-refractivity contribution in [3.05, 3.63) is 214 Å². The molecule has 2 unspecified atom stereocenters. The van der Waals surface area contributed by atoms with Crippen LogP contribution in [0.3, 0.4) is 0 Å². The molecule has 1 aromatic heterocycles. The smallest absolute Gasteiger partial charge is 0.178 e. The number of hydrogen-bond donors (Lipinski definition) is 0. The minimum Gasteiger partial charge on any atom is -0.454 e. The number of thiophene rings is 1. The average Bonchev–Trinajstić information content (AvgIpc) is 3.83. The number of anilines is 2. The Kier molecular flexibility index (Phi) is 8.16. The van der Waals surface area contributed by atoms with Gasteiger partial charge in [-0.2, -0.15) is 0 Å². The number of ether oxygens (including phenoxy) is 2. The maximum absolute atomic E-state index is 7.05. The summed E-state index contributed by atoms with van der Waals surface area (Å²) in [4.78, 5) is 3.94. The van der Waals surface area contributed by atoms with Gasteiger partial charge in [-0.05, 0) is 131 Å². The zero-order chi connectivity index (χ0) is 38.9. The van der Waals surface area contributed by atoms with Gasteiger partial charge in [0.2, 0.25) is 0 Å². The van der Waals surface area contributed by atoms with Crippen LogP contribution in [-0.2, 0) is 11.8 Å². The van der Waals surface area contributed by atoms with Crippen LogP contribution in [-0.4, -0.2) is 6.04 Å². The summed E-state index contributed by atoms with van der Waals surface area (Å²) in [5.74, 6) is 3.55. The first kappa shape index (κ1) is 34.7. The van der Waals surface area contributed by atoms with Gasteiger partial charge in [0.25, 0.3) is 0 Å². The van der Waals surface area contributed by atoms with Crippen molar-refractivity contribution >= 4 is 44.4 Å². The molecule has 0 bridgehead atoms. The fourth-order valence-electron chi connectivity index (χ4n) is 10.7. The van der Waals surface area contributed by atoms with Gasteiger partial charge < -0.3 is 14.4 Å². The molecule has 0 amide bonds. The molecule has 59 heavy (non-hydrogen) atoms. The van der Waals surface area contributed by atoms with E-state index in [9.17, 15) is 0 Å². The van der Waals surface area contributed by atoms with Crippen LogP contribution in [0.2, 0.25) is 0 Å². The minimum atomic E-state index is -0.314. The molecule has 2 heterocycles. The van der Waals surface area contributed by atoms with Crippen LogP contribution in [0.25, 0.3) is 32.9 Å². The molecule has 0 N–H and O–H groups in total. The van der Waals surface area contributed by atoms with E-state index >= 15 is 0 Å². The summed E-state index contributed by atoms with van der Waals surface area (Å²) in [6, 6.07) is 42.2. The molecule has 6 aromatic rings. The fourth-order valence-corrected chi connectivity index (χ4v) is 11.8. The predicted octanol–water partition coefficient (Wildman–Crippen LogP) is 14.2. The Labute approximate surface area is 350 Å². The predicted molar refractivity (Wildman–Crippen MR) is 244 cm³/mol. The Balaban J connectivity index is 0.882. The van der Waals surface area contributed by atoms with Crippen LogP contribution < -0.4 is 14.4 Å². The van der Waals surface area contributed by atoms with E-state index in [1.165, 1.54) is 53.9 Å². The number of hydrogen-bond acceptors (Lipinski definition) is 4. The lowest BCUT2D eigenvalue weighted by Crippen LogP contribution is -2.36. The van der Waals surface area contributed by atoms with Crippen molar-refractivity contribution < 1.29 is 9.47 Å². The number of nitrogens with zero attached hydrogens (tertiary/aromatic N) is 1. The second kappa shape index (κ2) is 13.9. The standard InChI is InChI=1S/C55H43NO2S/c1-4-14-38(15-5-1)55(39-16-6-2-7-17-39)46-22-12-10-21-44(46)53-47(55)30-32-49-54(53)58-48-31-29-42(35-50(48)57-49)56(40-18-8-3-9-19-40)41-27-24-36(25-28-41)37-26-33-52-45(34-37)43-20-11-13-23-51(43)59-52/h1,3-6,8-14,16-25,27-32,34,38,42H,2,7,15,26,33,35H2/t38?,42-,55?/m1/s1. The Bertz CT molecular complexity index is 2900. The molecule has 4 heteroatoms. The molecular formula is C55H43NO2S. The van der Waals surface area contributed by atoms with Crippen molar-refractivity contribution in [2.45, 2.75) is 50.0 Å². The van der Waals surface area contributed by atoms with Crippen molar-refractivity contribution in [3.8, 4) is 22.6 Å². The highest BCUT2D eigenvalue weighted by molar-refractivity contribution is 7.19. The number of aryl methyl sites for hydroxylation is 1. The molecular weight excluding hydrogens is 739 g/mol.